The monoisotopic (exact) mass is 685 g/mol. The fourth-order valence-corrected chi connectivity index (χ4v) is 7.93. The third-order valence-electron chi connectivity index (χ3n) is 9.00. The number of halogens is 1. The number of carbonyl (C=O) groups excluding carboxylic acids is 2. The quantitative estimate of drug-likeness (QED) is 0.167. The van der Waals surface area contributed by atoms with Crippen LogP contribution in [0.3, 0.4) is 0 Å². The van der Waals surface area contributed by atoms with Crippen molar-refractivity contribution in [3.63, 3.8) is 0 Å². The normalized spacial score (nSPS) is 14.2. The van der Waals surface area contributed by atoms with Crippen molar-refractivity contribution in [2.24, 2.45) is 0 Å². The second-order valence-electron chi connectivity index (χ2n) is 12.8. The fourth-order valence-electron chi connectivity index (χ4n) is 6.32. The smallest absolute Gasteiger partial charge is 0.264 e. The van der Waals surface area contributed by atoms with Crippen LogP contribution in [0, 0.1) is 20.8 Å². The molecule has 0 spiro atoms. The molecule has 48 heavy (non-hydrogen) atoms. The molecule has 1 aliphatic carbocycles. The maximum atomic E-state index is 14.8. The van der Waals surface area contributed by atoms with Crippen LogP contribution in [-0.2, 0) is 32.6 Å². The SMILES string of the molecule is Cc1ccc(S(=O)(=O)N(CC(=O)N(Cc2ccc(Cl)cc2)[C@@H](Cc2ccccc2)C(=O)NC2CCCCC2)c2ccc(C)cc2C)cc1. The molecule has 4 aromatic rings. The summed E-state index contributed by atoms with van der Waals surface area (Å²) >= 11 is 6.20. The fraction of sp³-hybridized carbons (Fsp3) is 0.333. The molecule has 0 saturated heterocycles. The highest BCUT2D eigenvalue weighted by atomic mass is 35.5. The molecule has 1 saturated carbocycles. The molecule has 252 valence electrons. The van der Waals surface area contributed by atoms with Crippen LogP contribution in [0.2, 0.25) is 5.02 Å². The van der Waals surface area contributed by atoms with Crippen LogP contribution in [0.4, 0.5) is 5.69 Å². The van der Waals surface area contributed by atoms with Gasteiger partial charge in [-0.25, -0.2) is 8.42 Å². The van der Waals surface area contributed by atoms with E-state index in [9.17, 15) is 18.0 Å². The second kappa shape index (κ2) is 15.8. The predicted molar refractivity (Wildman–Crippen MR) is 193 cm³/mol. The Morgan fingerprint density at radius 1 is 0.812 bits per heavy atom. The van der Waals surface area contributed by atoms with Crippen LogP contribution >= 0.6 is 11.6 Å². The van der Waals surface area contributed by atoms with E-state index >= 15 is 0 Å². The molecule has 4 aromatic carbocycles. The predicted octanol–water partition coefficient (Wildman–Crippen LogP) is 7.55. The summed E-state index contributed by atoms with van der Waals surface area (Å²) in [5.74, 6) is -0.729. The standard InChI is InChI=1S/C39H44ClN3O4S/c1-28-14-21-35(22-15-28)48(46,47)43(36-23-16-29(2)24-30(36)3)27-38(44)42(26-32-17-19-33(40)20-18-32)37(25-31-10-6-4-7-11-31)39(45)41-34-12-8-5-9-13-34/h4,6-7,10-11,14-24,34,37H,5,8-9,12-13,25-27H2,1-3H3,(H,41,45)/t37-/m0/s1. The molecule has 0 unspecified atom stereocenters. The summed E-state index contributed by atoms with van der Waals surface area (Å²) in [7, 11) is -4.17. The highest BCUT2D eigenvalue weighted by Crippen LogP contribution is 2.29. The zero-order chi connectivity index (χ0) is 34.3. The number of nitrogens with zero attached hydrogens (tertiary/aromatic N) is 2. The van der Waals surface area contributed by atoms with E-state index in [1.54, 1.807) is 42.5 Å². The van der Waals surface area contributed by atoms with Crippen molar-refractivity contribution in [3.8, 4) is 0 Å². The molecular formula is C39H44ClN3O4S. The van der Waals surface area contributed by atoms with Crippen molar-refractivity contribution in [2.75, 3.05) is 10.8 Å². The summed E-state index contributed by atoms with van der Waals surface area (Å²) in [5.41, 5.74) is 4.70. The molecule has 0 bridgehead atoms. The Morgan fingerprint density at radius 2 is 1.46 bits per heavy atom. The summed E-state index contributed by atoms with van der Waals surface area (Å²) in [6, 6.07) is 28.0. The van der Waals surface area contributed by atoms with Gasteiger partial charge in [-0.1, -0.05) is 109 Å². The third-order valence-corrected chi connectivity index (χ3v) is 11.0. The molecule has 1 aliphatic rings. The molecular weight excluding hydrogens is 642 g/mol. The van der Waals surface area contributed by atoms with Crippen molar-refractivity contribution in [1.82, 2.24) is 10.2 Å². The number of anilines is 1. The minimum Gasteiger partial charge on any atom is -0.352 e. The van der Waals surface area contributed by atoms with Crippen molar-refractivity contribution < 1.29 is 18.0 Å². The molecule has 0 aromatic heterocycles. The number of aryl methyl sites for hydroxylation is 3. The van der Waals surface area contributed by atoms with Gasteiger partial charge in [0.1, 0.15) is 12.6 Å². The Labute approximate surface area is 290 Å². The average molecular weight is 686 g/mol. The summed E-state index contributed by atoms with van der Waals surface area (Å²) in [6.45, 7) is 5.27. The molecule has 0 aliphatic heterocycles. The second-order valence-corrected chi connectivity index (χ2v) is 15.1. The zero-order valence-corrected chi connectivity index (χ0v) is 29.4. The molecule has 1 N–H and O–H groups in total. The number of carbonyl (C=O) groups is 2. The maximum Gasteiger partial charge on any atom is 0.264 e. The molecule has 2 amide bonds. The van der Waals surface area contributed by atoms with E-state index in [-0.39, 0.29) is 29.8 Å². The van der Waals surface area contributed by atoms with Crippen LogP contribution in [0.15, 0.2) is 102 Å². The van der Waals surface area contributed by atoms with Gasteiger partial charge in [0.25, 0.3) is 10.0 Å². The van der Waals surface area contributed by atoms with E-state index in [1.807, 2.05) is 75.4 Å². The minimum absolute atomic E-state index is 0.0330. The topological polar surface area (TPSA) is 86.8 Å². The molecule has 9 heteroatoms. The minimum atomic E-state index is -4.17. The summed E-state index contributed by atoms with van der Waals surface area (Å²) in [5, 5.41) is 3.80. The lowest BCUT2D eigenvalue weighted by atomic mass is 9.94. The van der Waals surface area contributed by atoms with Gasteiger partial charge in [-0.05, 0) is 80.6 Å². The first-order valence-corrected chi connectivity index (χ1v) is 18.4. The number of sulfonamides is 1. The maximum absolute atomic E-state index is 14.8. The lowest BCUT2D eigenvalue weighted by Crippen LogP contribution is -2.55. The van der Waals surface area contributed by atoms with Crippen LogP contribution in [0.5, 0.6) is 0 Å². The number of nitrogens with one attached hydrogen (secondary N) is 1. The van der Waals surface area contributed by atoms with Crippen molar-refractivity contribution in [3.05, 3.63) is 130 Å². The summed E-state index contributed by atoms with van der Waals surface area (Å²) in [4.78, 5) is 30.6. The van der Waals surface area contributed by atoms with Crippen molar-refractivity contribution in [2.45, 2.75) is 82.8 Å². The first-order valence-electron chi connectivity index (χ1n) is 16.6. The highest BCUT2D eigenvalue weighted by molar-refractivity contribution is 7.92. The number of hydrogen-bond acceptors (Lipinski definition) is 4. The van der Waals surface area contributed by atoms with Crippen LogP contribution in [0.25, 0.3) is 0 Å². The van der Waals surface area contributed by atoms with Crippen LogP contribution < -0.4 is 9.62 Å². The molecule has 5 rings (SSSR count). The average Bonchev–Trinajstić information content (AvgIpc) is 3.07. The molecule has 7 nitrogen and oxygen atoms in total. The number of rotatable bonds is 12. The molecule has 1 fully saturated rings. The van der Waals surface area contributed by atoms with E-state index in [0.29, 0.717) is 10.7 Å². The highest BCUT2D eigenvalue weighted by Gasteiger charge is 2.35. The van der Waals surface area contributed by atoms with Gasteiger partial charge in [-0.15, -0.1) is 0 Å². The van der Waals surface area contributed by atoms with Crippen LogP contribution in [-0.4, -0.2) is 43.8 Å². The summed E-state index contributed by atoms with van der Waals surface area (Å²) in [6.07, 6.45) is 5.29. The first kappa shape index (κ1) is 35.2. The molecule has 1 atom stereocenters. The lowest BCUT2D eigenvalue weighted by molar-refractivity contribution is -0.140. The van der Waals surface area contributed by atoms with E-state index in [4.69, 9.17) is 11.6 Å². The Hall–Kier alpha value is -4.14. The number of benzene rings is 4. The van der Waals surface area contributed by atoms with Crippen molar-refractivity contribution in [1.29, 1.82) is 0 Å². The Balaban J connectivity index is 1.58. The largest absolute Gasteiger partial charge is 0.352 e. The zero-order valence-electron chi connectivity index (χ0n) is 27.9. The van der Waals surface area contributed by atoms with Crippen LogP contribution in [0.1, 0.15) is 59.9 Å². The molecule has 0 heterocycles. The first-order chi connectivity index (χ1) is 23.0. The van der Waals surface area contributed by atoms with Gasteiger partial charge in [0.15, 0.2) is 0 Å². The van der Waals surface area contributed by atoms with Gasteiger partial charge in [-0.3, -0.25) is 13.9 Å². The third kappa shape index (κ3) is 8.85. The Bertz CT molecular complexity index is 1810. The van der Waals surface area contributed by atoms with E-state index in [0.717, 1.165) is 59.9 Å². The van der Waals surface area contributed by atoms with E-state index in [2.05, 4.69) is 5.32 Å². The van der Waals surface area contributed by atoms with Crippen molar-refractivity contribution >= 4 is 39.1 Å². The Kier molecular flexibility index (Phi) is 11.6. The van der Waals surface area contributed by atoms with Gasteiger partial charge < -0.3 is 10.2 Å². The molecule has 0 radical (unpaired) electrons. The van der Waals surface area contributed by atoms with Gasteiger partial charge in [0.2, 0.25) is 11.8 Å². The van der Waals surface area contributed by atoms with Gasteiger partial charge in [0, 0.05) is 24.0 Å². The van der Waals surface area contributed by atoms with E-state index < -0.39 is 28.5 Å². The van der Waals surface area contributed by atoms with Gasteiger partial charge in [0.05, 0.1) is 10.6 Å². The number of hydrogen-bond donors (Lipinski definition) is 1. The van der Waals surface area contributed by atoms with Gasteiger partial charge in [-0.2, -0.15) is 0 Å². The van der Waals surface area contributed by atoms with Gasteiger partial charge >= 0.3 is 0 Å². The Morgan fingerprint density at radius 3 is 2.10 bits per heavy atom. The number of amides is 2. The summed E-state index contributed by atoms with van der Waals surface area (Å²) < 4.78 is 29.9. The van der Waals surface area contributed by atoms with E-state index in [1.165, 1.54) is 9.21 Å². The lowest BCUT2D eigenvalue weighted by Gasteiger charge is -2.35.